The monoisotopic (exact) mass is 278 g/mol. The second-order valence-electron chi connectivity index (χ2n) is 2.25. The number of hydrogen-bond donors (Lipinski definition) is 0. The molecule has 0 bridgehead atoms. The van der Waals surface area contributed by atoms with Crippen molar-refractivity contribution in [3.63, 3.8) is 0 Å². The van der Waals surface area contributed by atoms with Crippen molar-refractivity contribution in [2.75, 3.05) is 0 Å². The maximum absolute atomic E-state index is 5.77. The van der Waals surface area contributed by atoms with E-state index in [2.05, 4.69) is 26.1 Å². The largest absolute Gasteiger partial charge is 0.338 e. The van der Waals surface area contributed by atoms with Crippen LogP contribution in [-0.2, 0) is 5.33 Å². The average Bonchev–Trinajstić information content (AvgIpc) is 2.71. The molecule has 0 unspecified atom stereocenters. The molecule has 13 heavy (non-hydrogen) atoms. The Balaban J connectivity index is 2.35. The fourth-order valence-corrected chi connectivity index (χ4v) is 2.04. The van der Waals surface area contributed by atoms with E-state index in [1.807, 2.05) is 12.1 Å². The Morgan fingerprint density at radius 2 is 2.38 bits per heavy atom. The minimum atomic E-state index is 0.569. The highest BCUT2D eigenvalue weighted by atomic mass is 79.9. The molecule has 2 rings (SSSR count). The third-order valence-electron chi connectivity index (χ3n) is 1.38. The molecule has 0 spiro atoms. The summed E-state index contributed by atoms with van der Waals surface area (Å²) in [5, 5.41) is 4.37. The topological polar surface area (TPSA) is 38.9 Å². The highest BCUT2D eigenvalue weighted by Gasteiger charge is 2.09. The van der Waals surface area contributed by atoms with E-state index in [1.54, 1.807) is 0 Å². The molecular weight excluding hydrogens is 276 g/mol. The lowest BCUT2D eigenvalue weighted by Gasteiger charge is -1.81. The van der Waals surface area contributed by atoms with Gasteiger partial charge in [-0.15, -0.1) is 11.3 Å². The standard InChI is InChI=1S/C7H4BrClN2OS/c8-3-6-10-7(11-12-6)4-1-2-5(9)13-4/h1-2H,3H2. The molecule has 0 aliphatic carbocycles. The zero-order chi connectivity index (χ0) is 9.26. The molecule has 0 aliphatic rings. The van der Waals surface area contributed by atoms with Crippen LogP contribution in [0.1, 0.15) is 5.89 Å². The summed E-state index contributed by atoms with van der Waals surface area (Å²) in [6.07, 6.45) is 0. The van der Waals surface area contributed by atoms with Gasteiger partial charge in [0.15, 0.2) is 0 Å². The van der Waals surface area contributed by atoms with Gasteiger partial charge in [0.2, 0.25) is 11.7 Å². The van der Waals surface area contributed by atoms with E-state index >= 15 is 0 Å². The van der Waals surface area contributed by atoms with Crippen molar-refractivity contribution < 1.29 is 4.52 Å². The van der Waals surface area contributed by atoms with Gasteiger partial charge in [-0.05, 0) is 12.1 Å². The van der Waals surface area contributed by atoms with E-state index in [-0.39, 0.29) is 0 Å². The normalized spacial score (nSPS) is 10.6. The second kappa shape index (κ2) is 3.77. The lowest BCUT2D eigenvalue weighted by atomic mass is 10.4. The van der Waals surface area contributed by atoms with E-state index in [0.29, 0.717) is 17.0 Å². The van der Waals surface area contributed by atoms with Crippen molar-refractivity contribution in [2.24, 2.45) is 0 Å². The molecule has 0 atom stereocenters. The Morgan fingerprint density at radius 3 is 2.92 bits per heavy atom. The molecule has 0 fully saturated rings. The van der Waals surface area contributed by atoms with E-state index in [0.717, 1.165) is 9.21 Å². The molecule has 2 aromatic rings. The summed E-state index contributed by atoms with van der Waals surface area (Å²) in [4.78, 5) is 5.06. The van der Waals surface area contributed by atoms with Gasteiger partial charge >= 0.3 is 0 Å². The van der Waals surface area contributed by atoms with Crippen LogP contribution < -0.4 is 0 Å². The van der Waals surface area contributed by atoms with Gasteiger partial charge in [0.25, 0.3) is 0 Å². The minimum Gasteiger partial charge on any atom is -0.338 e. The van der Waals surface area contributed by atoms with Gasteiger partial charge in [-0.1, -0.05) is 32.7 Å². The lowest BCUT2D eigenvalue weighted by molar-refractivity contribution is 0.392. The molecule has 0 saturated carbocycles. The lowest BCUT2D eigenvalue weighted by Crippen LogP contribution is -1.76. The highest BCUT2D eigenvalue weighted by molar-refractivity contribution is 9.08. The summed E-state index contributed by atoms with van der Waals surface area (Å²) in [6, 6.07) is 3.68. The first-order chi connectivity index (χ1) is 6.29. The van der Waals surface area contributed by atoms with Crippen LogP contribution in [0, 0.1) is 0 Å². The fraction of sp³-hybridized carbons (Fsp3) is 0.143. The number of aromatic nitrogens is 2. The molecule has 6 heteroatoms. The maximum atomic E-state index is 5.77. The second-order valence-corrected chi connectivity index (χ2v) is 4.52. The van der Waals surface area contributed by atoms with Crippen LogP contribution in [0.4, 0.5) is 0 Å². The van der Waals surface area contributed by atoms with Gasteiger partial charge in [-0.3, -0.25) is 0 Å². The first-order valence-electron chi connectivity index (χ1n) is 3.44. The zero-order valence-electron chi connectivity index (χ0n) is 6.33. The molecule has 0 radical (unpaired) electrons. The van der Waals surface area contributed by atoms with E-state index < -0.39 is 0 Å². The Labute approximate surface area is 91.8 Å². The van der Waals surface area contributed by atoms with Gasteiger partial charge < -0.3 is 4.52 Å². The minimum absolute atomic E-state index is 0.569. The smallest absolute Gasteiger partial charge is 0.237 e. The third-order valence-corrected chi connectivity index (χ3v) is 3.08. The number of rotatable bonds is 2. The zero-order valence-corrected chi connectivity index (χ0v) is 9.49. The highest BCUT2D eigenvalue weighted by Crippen LogP contribution is 2.28. The van der Waals surface area contributed by atoms with Gasteiger partial charge in [0.1, 0.15) is 0 Å². The summed E-state index contributed by atoms with van der Waals surface area (Å²) in [6.45, 7) is 0. The SMILES string of the molecule is Clc1ccc(-c2noc(CBr)n2)s1. The molecule has 2 aromatic heterocycles. The molecule has 3 nitrogen and oxygen atoms in total. The predicted octanol–water partition coefficient (Wildman–Crippen LogP) is 3.35. The van der Waals surface area contributed by atoms with Crippen molar-refractivity contribution >= 4 is 38.9 Å². The fourth-order valence-electron chi connectivity index (χ4n) is 0.844. The third kappa shape index (κ3) is 1.92. The first kappa shape index (κ1) is 9.18. The molecule has 0 N–H and O–H groups in total. The Kier molecular flexibility index (Phi) is 2.66. The van der Waals surface area contributed by atoms with Crippen molar-refractivity contribution in [1.29, 1.82) is 0 Å². The number of hydrogen-bond acceptors (Lipinski definition) is 4. The van der Waals surface area contributed by atoms with Crippen LogP contribution >= 0.6 is 38.9 Å². The number of nitrogens with zero attached hydrogens (tertiary/aromatic N) is 2. The summed E-state index contributed by atoms with van der Waals surface area (Å²) in [7, 11) is 0. The molecule has 0 saturated heterocycles. The maximum Gasteiger partial charge on any atom is 0.237 e. The summed E-state index contributed by atoms with van der Waals surface area (Å²) in [5.74, 6) is 1.16. The van der Waals surface area contributed by atoms with Crippen molar-refractivity contribution in [2.45, 2.75) is 5.33 Å². The van der Waals surface area contributed by atoms with Crippen LogP contribution in [0.2, 0.25) is 4.34 Å². The van der Waals surface area contributed by atoms with Crippen LogP contribution in [0.5, 0.6) is 0 Å². The van der Waals surface area contributed by atoms with Gasteiger partial charge in [-0.2, -0.15) is 4.98 Å². The van der Waals surface area contributed by atoms with Gasteiger partial charge in [-0.25, -0.2) is 0 Å². The number of thiophene rings is 1. The van der Waals surface area contributed by atoms with Crippen LogP contribution in [0.15, 0.2) is 16.7 Å². The van der Waals surface area contributed by atoms with Crippen LogP contribution in [0.3, 0.4) is 0 Å². The van der Waals surface area contributed by atoms with E-state index in [4.69, 9.17) is 16.1 Å². The molecule has 0 aromatic carbocycles. The molecule has 68 valence electrons. The number of halogens is 2. The predicted molar refractivity (Wildman–Crippen MR) is 55.3 cm³/mol. The number of alkyl halides is 1. The Bertz CT molecular complexity index is 414. The molecule has 0 amide bonds. The quantitative estimate of drug-likeness (QED) is 0.791. The van der Waals surface area contributed by atoms with E-state index in [9.17, 15) is 0 Å². The molecular formula is C7H4BrClN2OS. The molecule has 0 aliphatic heterocycles. The van der Waals surface area contributed by atoms with Crippen molar-refractivity contribution in [3.8, 4) is 10.7 Å². The Hall–Kier alpha value is -0.390. The van der Waals surface area contributed by atoms with Crippen LogP contribution in [0.25, 0.3) is 10.7 Å². The first-order valence-corrected chi connectivity index (χ1v) is 5.75. The summed E-state index contributed by atoms with van der Waals surface area (Å²) < 4.78 is 5.66. The average molecular weight is 280 g/mol. The Morgan fingerprint density at radius 1 is 1.54 bits per heavy atom. The molecule has 2 heterocycles. The van der Waals surface area contributed by atoms with Gasteiger partial charge in [0, 0.05) is 0 Å². The summed E-state index contributed by atoms with van der Waals surface area (Å²) >= 11 is 10.4. The summed E-state index contributed by atoms with van der Waals surface area (Å²) in [5.41, 5.74) is 0. The van der Waals surface area contributed by atoms with Gasteiger partial charge in [0.05, 0.1) is 14.5 Å². The van der Waals surface area contributed by atoms with E-state index in [1.165, 1.54) is 11.3 Å². The van der Waals surface area contributed by atoms with Crippen molar-refractivity contribution in [1.82, 2.24) is 10.1 Å². The van der Waals surface area contributed by atoms with Crippen LogP contribution in [-0.4, -0.2) is 10.1 Å². The van der Waals surface area contributed by atoms with Crippen molar-refractivity contribution in [3.05, 3.63) is 22.4 Å².